The van der Waals surface area contributed by atoms with E-state index in [1.54, 1.807) is 36.5 Å². The molecule has 0 spiro atoms. The molecule has 0 aliphatic rings. The lowest BCUT2D eigenvalue weighted by Crippen LogP contribution is -2.14. The van der Waals surface area contributed by atoms with Gasteiger partial charge < -0.3 is 10.4 Å². The molecule has 2 aromatic heterocycles. The van der Waals surface area contributed by atoms with Gasteiger partial charge in [-0.15, -0.1) is 22.7 Å². The number of carbonyl (C=O) groups is 2. The van der Waals surface area contributed by atoms with Crippen molar-refractivity contribution in [1.82, 2.24) is 0 Å². The molecular formula is C15H11NO3S2. The van der Waals surface area contributed by atoms with Crippen molar-refractivity contribution < 1.29 is 14.7 Å². The molecule has 0 atom stereocenters. The average Bonchev–Trinajstić information content (AvgIpc) is 2.98. The molecule has 3 rings (SSSR count). The third-order valence-electron chi connectivity index (χ3n) is 3.10. The topological polar surface area (TPSA) is 66.4 Å². The maximum atomic E-state index is 12.3. The van der Waals surface area contributed by atoms with Crippen molar-refractivity contribution in [3.8, 4) is 0 Å². The summed E-state index contributed by atoms with van der Waals surface area (Å²) < 4.78 is 2.13. The van der Waals surface area contributed by atoms with Crippen LogP contribution in [0.2, 0.25) is 0 Å². The zero-order valence-electron chi connectivity index (χ0n) is 11.0. The van der Waals surface area contributed by atoms with Crippen molar-refractivity contribution in [3.05, 3.63) is 51.7 Å². The Balaban J connectivity index is 1.93. The molecule has 6 heteroatoms. The van der Waals surface area contributed by atoms with Crippen LogP contribution in [0.25, 0.3) is 9.40 Å². The van der Waals surface area contributed by atoms with Crippen LogP contribution >= 0.6 is 22.7 Å². The van der Waals surface area contributed by atoms with Crippen molar-refractivity contribution in [2.75, 3.05) is 5.32 Å². The van der Waals surface area contributed by atoms with Gasteiger partial charge >= 0.3 is 5.97 Å². The number of hydrogen-bond donors (Lipinski definition) is 2. The molecule has 3 aromatic rings. The fourth-order valence-corrected chi connectivity index (χ4v) is 4.12. The van der Waals surface area contributed by atoms with Crippen molar-refractivity contribution in [2.24, 2.45) is 0 Å². The smallest absolute Gasteiger partial charge is 0.338 e. The minimum absolute atomic E-state index is 0.129. The third-order valence-corrected chi connectivity index (χ3v) is 5.19. The summed E-state index contributed by atoms with van der Waals surface area (Å²) in [4.78, 5) is 24.2. The lowest BCUT2D eigenvalue weighted by atomic mass is 10.1. The first-order valence-electron chi connectivity index (χ1n) is 6.17. The van der Waals surface area contributed by atoms with Gasteiger partial charge in [0.15, 0.2) is 0 Å². The fraction of sp³-hybridized carbons (Fsp3) is 0.0667. The minimum Gasteiger partial charge on any atom is -0.478 e. The van der Waals surface area contributed by atoms with E-state index < -0.39 is 5.97 Å². The average molecular weight is 317 g/mol. The minimum atomic E-state index is -1.05. The Bertz CT molecular complexity index is 819. The van der Waals surface area contributed by atoms with Crippen molar-refractivity contribution in [1.29, 1.82) is 0 Å². The van der Waals surface area contributed by atoms with Crippen LogP contribution in [0.4, 0.5) is 5.69 Å². The number of benzene rings is 1. The standard InChI is InChI=1S/C15H11NO3S2/c1-8-3-2-4-9(13(8)15(18)19)16-14(17)12-7-11-10(21-12)5-6-20-11/h2-7H,1H3,(H,16,17)(H,18,19). The molecule has 0 fully saturated rings. The van der Waals surface area contributed by atoms with E-state index >= 15 is 0 Å². The summed E-state index contributed by atoms with van der Waals surface area (Å²) in [7, 11) is 0. The zero-order valence-corrected chi connectivity index (χ0v) is 12.7. The van der Waals surface area contributed by atoms with Gasteiger partial charge in [-0.25, -0.2) is 4.79 Å². The molecule has 1 amide bonds. The van der Waals surface area contributed by atoms with E-state index in [1.807, 2.05) is 17.5 Å². The Kier molecular flexibility index (Phi) is 3.48. The molecule has 0 radical (unpaired) electrons. The number of aromatic carboxylic acids is 1. The Morgan fingerprint density at radius 2 is 2.00 bits per heavy atom. The molecule has 4 nitrogen and oxygen atoms in total. The van der Waals surface area contributed by atoms with Crippen LogP contribution in [-0.4, -0.2) is 17.0 Å². The SMILES string of the molecule is Cc1cccc(NC(=O)c2cc3sccc3s2)c1C(=O)O. The lowest BCUT2D eigenvalue weighted by Gasteiger charge is -2.09. The molecule has 0 unspecified atom stereocenters. The van der Waals surface area contributed by atoms with E-state index in [9.17, 15) is 14.7 Å². The molecule has 21 heavy (non-hydrogen) atoms. The number of nitrogens with one attached hydrogen (secondary N) is 1. The number of carboxylic acids is 1. The molecular weight excluding hydrogens is 306 g/mol. The van der Waals surface area contributed by atoms with E-state index in [1.165, 1.54) is 11.3 Å². The van der Waals surface area contributed by atoms with Crippen LogP contribution in [0, 0.1) is 6.92 Å². The largest absolute Gasteiger partial charge is 0.478 e. The number of amides is 1. The number of fused-ring (bicyclic) bond motifs is 1. The van der Waals surface area contributed by atoms with Gasteiger partial charge in [-0.05, 0) is 36.1 Å². The van der Waals surface area contributed by atoms with E-state index in [0.29, 0.717) is 16.1 Å². The lowest BCUT2D eigenvalue weighted by molar-refractivity contribution is 0.0697. The summed E-state index contributed by atoms with van der Waals surface area (Å²) in [6.07, 6.45) is 0. The summed E-state index contributed by atoms with van der Waals surface area (Å²) in [5.74, 6) is -1.33. The maximum absolute atomic E-state index is 12.3. The van der Waals surface area contributed by atoms with E-state index in [4.69, 9.17) is 0 Å². The predicted molar refractivity (Wildman–Crippen MR) is 85.8 cm³/mol. The van der Waals surface area contributed by atoms with Crippen LogP contribution < -0.4 is 5.32 Å². The van der Waals surface area contributed by atoms with Gasteiger partial charge in [-0.1, -0.05) is 12.1 Å². The monoisotopic (exact) mass is 317 g/mol. The van der Waals surface area contributed by atoms with Crippen LogP contribution in [0.5, 0.6) is 0 Å². The second kappa shape index (κ2) is 5.31. The number of aryl methyl sites for hydroxylation is 1. The van der Waals surface area contributed by atoms with Gasteiger partial charge in [-0.3, -0.25) is 4.79 Å². The summed E-state index contributed by atoms with van der Waals surface area (Å²) in [6.45, 7) is 1.71. The molecule has 0 aliphatic carbocycles. The predicted octanol–water partition coefficient (Wildman–Crippen LogP) is 4.22. The van der Waals surface area contributed by atoms with Crippen molar-refractivity contribution >= 4 is 49.6 Å². The number of thiophene rings is 2. The van der Waals surface area contributed by atoms with Gasteiger partial charge in [0.2, 0.25) is 0 Å². The van der Waals surface area contributed by atoms with Crippen LogP contribution in [0.1, 0.15) is 25.6 Å². The fourth-order valence-electron chi connectivity index (χ4n) is 2.12. The third kappa shape index (κ3) is 2.55. The highest BCUT2D eigenvalue weighted by Crippen LogP contribution is 2.30. The molecule has 106 valence electrons. The highest BCUT2D eigenvalue weighted by atomic mass is 32.1. The van der Waals surface area contributed by atoms with Crippen molar-refractivity contribution in [2.45, 2.75) is 6.92 Å². The number of rotatable bonds is 3. The van der Waals surface area contributed by atoms with E-state index in [0.717, 1.165) is 9.40 Å². The highest BCUT2D eigenvalue weighted by Gasteiger charge is 2.17. The molecule has 0 aliphatic heterocycles. The van der Waals surface area contributed by atoms with Crippen LogP contribution in [0.15, 0.2) is 35.7 Å². The van der Waals surface area contributed by atoms with E-state index in [-0.39, 0.29) is 11.5 Å². The number of carboxylic acid groups (broad SMARTS) is 1. The van der Waals surface area contributed by atoms with Crippen LogP contribution in [0.3, 0.4) is 0 Å². The van der Waals surface area contributed by atoms with Gasteiger partial charge in [0, 0.05) is 9.40 Å². The van der Waals surface area contributed by atoms with Crippen molar-refractivity contribution in [3.63, 3.8) is 0 Å². The Labute approximate surface area is 128 Å². The normalized spacial score (nSPS) is 10.7. The van der Waals surface area contributed by atoms with Gasteiger partial charge in [0.1, 0.15) is 0 Å². The summed E-state index contributed by atoms with van der Waals surface area (Å²) in [6, 6.07) is 8.84. The molecule has 0 saturated carbocycles. The Hall–Kier alpha value is -2.18. The highest BCUT2D eigenvalue weighted by molar-refractivity contribution is 7.27. The Morgan fingerprint density at radius 1 is 1.19 bits per heavy atom. The van der Waals surface area contributed by atoms with Gasteiger partial charge in [0.25, 0.3) is 5.91 Å². The van der Waals surface area contributed by atoms with E-state index in [2.05, 4.69) is 5.32 Å². The molecule has 2 N–H and O–H groups in total. The first-order valence-corrected chi connectivity index (χ1v) is 7.87. The maximum Gasteiger partial charge on any atom is 0.338 e. The summed E-state index contributed by atoms with van der Waals surface area (Å²) >= 11 is 2.98. The summed E-state index contributed by atoms with van der Waals surface area (Å²) in [5, 5.41) is 13.9. The Morgan fingerprint density at radius 3 is 2.71 bits per heavy atom. The number of anilines is 1. The molecule has 1 aromatic carbocycles. The van der Waals surface area contributed by atoms with Gasteiger partial charge in [0.05, 0.1) is 16.1 Å². The molecule has 0 bridgehead atoms. The zero-order chi connectivity index (χ0) is 15.0. The quantitative estimate of drug-likeness (QED) is 0.760. The van der Waals surface area contributed by atoms with Crippen LogP contribution in [-0.2, 0) is 0 Å². The second-order valence-electron chi connectivity index (χ2n) is 4.52. The summed E-state index contributed by atoms with van der Waals surface area (Å²) in [5.41, 5.74) is 1.07. The number of hydrogen-bond acceptors (Lipinski definition) is 4. The first kappa shape index (κ1) is 13.8. The molecule has 2 heterocycles. The molecule has 0 saturated heterocycles. The second-order valence-corrected chi connectivity index (χ2v) is 6.55. The number of carbonyl (C=O) groups excluding carboxylic acids is 1. The van der Waals surface area contributed by atoms with Gasteiger partial charge in [-0.2, -0.15) is 0 Å². The first-order chi connectivity index (χ1) is 10.1.